The van der Waals surface area contributed by atoms with E-state index in [1.807, 2.05) is 6.08 Å². The van der Waals surface area contributed by atoms with Crippen molar-refractivity contribution in [2.45, 2.75) is 178 Å². The predicted octanol–water partition coefficient (Wildman–Crippen LogP) is 13.9. The number of aliphatic hydroxyl groups excluding tert-OH is 1. The van der Waals surface area contributed by atoms with Crippen LogP contribution in [-0.2, 0) is 25.7 Å². The van der Waals surface area contributed by atoms with Crippen LogP contribution in [0.4, 0.5) is 0 Å². The van der Waals surface area contributed by atoms with Crippen LogP contribution in [0.5, 0.6) is 0 Å². The minimum Gasteiger partial charge on any atom is -0.389 e. The first-order valence-corrected chi connectivity index (χ1v) is 21.9. The lowest BCUT2D eigenvalue weighted by atomic mass is 9.93. The molecule has 2 aliphatic rings. The molecular weight excluding hydrogens is 661 g/mol. The number of nitrogens with one attached hydrogen (secondary N) is 2. The van der Waals surface area contributed by atoms with Crippen molar-refractivity contribution in [2.75, 3.05) is 0 Å². The molecule has 0 aromatic carbocycles. The number of aliphatic hydroxyl groups is 1. The number of rotatable bonds is 19. The lowest BCUT2D eigenvalue weighted by Crippen LogP contribution is -2.02. The Hall–Kier alpha value is -3.70. The quantitative estimate of drug-likeness (QED) is 0.107. The van der Waals surface area contributed by atoms with E-state index in [2.05, 4.69) is 96.6 Å². The first-order valence-electron chi connectivity index (χ1n) is 21.9. The van der Waals surface area contributed by atoms with Gasteiger partial charge in [0.25, 0.3) is 0 Å². The van der Waals surface area contributed by atoms with Crippen molar-refractivity contribution in [3.8, 4) is 0 Å². The molecule has 0 spiro atoms. The van der Waals surface area contributed by atoms with E-state index in [9.17, 15) is 5.11 Å². The Morgan fingerprint density at radius 3 is 1.28 bits per heavy atom. The van der Waals surface area contributed by atoms with Crippen LogP contribution in [0.2, 0.25) is 0 Å². The molecule has 5 heterocycles. The van der Waals surface area contributed by atoms with Crippen molar-refractivity contribution in [3.05, 3.63) is 74.9 Å². The van der Waals surface area contributed by atoms with Crippen molar-refractivity contribution < 1.29 is 5.11 Å². The average Bonchev–Trinajstić information content (AvgIpc) is 3.91. The second kappa shape index (κ2) is 19.8. The van der Waals surface area contributed by atoms with Gasteiger partial charge in [0.1, 0.15) is 0 Å². The van der Waals surface area contributed by atoms with Gasteiger partial charge < -0.3 is 15.1 Å². The summed E-state index contributed by atoms with van der Waals surface area (Å²) in [4.78, 5) is 18.9. The predicted molar refractivity (Wildman–Crippen MR) is 236 cm³/mol. The summed E-state index contributed by atoms with van der Waals surface area (Å²) in [7, 11) is 0. The molecule has 54 heavy (non-hydrogen) atoms. The Morgan fingerprint density at radius 1 is 0.500 bits per heavy atom. The number of hydrogen-bond acceptors (Lipinski definition) is 3. The minimum absolute atomic E-state index is 0.503. The Labute approximate surface area is 326 Å². The number of nitrogens with zero attached hydrogens (tertiary/aromatic N) is 2. The normalized spacial score (nSPS) is 14.0. The van der Waals surface area contributed by atoms with Gasteiger partial charge in [0.15, 0.2) is 0 Å². The van der Waals surface area contributed by atoms with Crippen molar-refractivity contribution in [2.24, 2.45) is 0 Å². The van der Waals surface area contributed by atoms with Gasteiger partial charge >= 0.3 is 0 Å². The molecule has 0 saturated carbocycles. The molecule has 292 valence electrons. The highest BCUT2D eigenvalue weighted by Gasteiger charge is 2.26. The van der Waals surface area contributed by atoms with Crippen LogP contribution in [0.25, 0.3) is 50.4 Å². The van der Waals surface area contributed by atoms with E-state index in [0.29, 0.717) is 0 Å². The molecule has 0 fully saturated rings. The maximum atomic E-state index is 11.4. The van der Waals surface area contributed by atoms with E-state index in [4.69, 9.17) is 9.97 Å². The largest absolute Gasteiger partial charge is 0.389 e. The van der Waals surface area contributed by atoms with Crippen LogP contribution in [-0.4, -0.2) is 31.1 Å². The standard InChI is InChI=1S/C49H70N4O/c1-10-19-20-21-22-23-24-25-26-32(54)27-28-41-48-39(17-8)37(15-6)46(52-48)30-44-35(13-4)33(11-2)42(50-44)29-43-34(12-3)36(14-5)45(51-43)31-47-38(16-7)40(18-9)49(41)53-47/h27-32,50-51,54H,10-26H2,1-9H3/b28-27+,42-29?,43-29?,44-30?,45-31?,46-30?,47-31?,48-41?,49-41?. The van der Waals surface area contributed by atoms with E-state index in [1.54, 1.807) is 0 Å². The summed E-state index contributed by atoms with van der Waals surface area (Å²) in [6.07, 6.45) is 22.0. The van der Waals surface area contributed by atoms with Gasteiger partial charge in [-0.2, -0.15) is 0 Å². The van der Waals surface area contributed by atoms with Gasteiger partial charge in [-0.1, -0.05) is 126 Å². The summed E-state index contributed by atoms with van der Waals surface area (Å²) in [5.41, 5.74) is 20.6. The van der Waals surface area contributed by atoms with Crippen LogP contribution >= 0.6 is 0 Å². The summed E-state index contributed by atoms with van der Waals surface area (Å²) in [5.74, 6) is 0. The molecule has 0 radical (unpaired) electrons. The molecular formula is C49H70N4O. The first-order chi connectivity index (χ1) is 26.3. The second-order valence-electron chi connectivity index (χ2n) is 15.3. The highest BCUT2D eigenvalue weighted by Crippen LogP contribution is 2.42. The van der Waals surface area contributed by atoms with Crippen LogP contribution in [0.1, 0.15) is 196 Å². The number of allylic oxidation sites excluding steroid dienone is 4. The highest BCUT2D eigenvalue weighted by atomic mass is 16.3. The number of H-pyrrole nitrogens is 2. The average molecular weight is 731 g/mol. The van der Waals surface area contributed by atoms with Crippen molar-refractivity contribution in [1.29, 1.82) is 0 Å². The molecule has 5 rings (SSSR count). The number of hydrogen-bond donors (Lipinski definition) is 3. The fraction of sp³-hybridized carbons (Fsp3) is 0.551. The molecule has 0 amide bonds. The van der Waals surface area contributed by atoms with Gasteiger partial charge in [0, 0.05) is 27.6 Å². The fourth-order valence-corrected chi connectivity index (χ4v) is 9.17. The van der Waals surface area contributed by atoms with Crippen molar-refractivity contribution in [1.82, 2.24) is 19.9 Å². The molecule has 3 aromatic rings. The molecule has 1 unspecified atom stereocenters. The third-order valence-corrected chi connectivity index (χ3v) is 12.0. The van der Waals surface area contributed by atoms with E-state index >= 15 is 0 Å². The summed E-state index contributed by atoms with van der Waals surface area (Å²) in [6, 6.07) is 6.99. The molecule has 3 N–H and O–H groups in total. The smallest absolute Gasteiger partial charge is 0.0766 e. The van der Waals surface area contributed by atoms with Gasteiger partial charge in [0.2, 0.25) is 0 Å². The maximum Gasteiger partial charge on any atom is 0.0766 e. The van der Waals surface area contributed by atoms with E-state index in [-0.39, 0.29) is 0 Å². The molecule has 1 atom stereocenters. The van der Waals surface area contributed by atoms with Gasteiger partial charge in [-0.25, -0.2) is 9.97 Å². The lowest BCUT2D eigenvalue weighted by molar-refractivity contribution is 0.208. The fourth-order valence-electron chi connectivity index (χ4n) is 9.17. The Kier molecular flexibility index (Phi) is 15.2. The molecule has 5 heteroatoms. The number of unbranched alkanes of at least 4 members (excludes halogenated alkanes) is 7. The molecule has 3 aromatic heterocycles. The summed E-state index contributed by atoms with van der Waals surface area (Å²) < 4.78 is 0. The Bertz CT molecular complexity index is 1890. The van der Waals surface area contributed by atoms with Crippen molar-refractivity contribution in [3.63, 3.8) is 0 Å². The summed E-state index contributed by atoms with van der Waals surface area (Å²) in [6.45, 7) is 20.4. The highest BCUT2D eigenvalue weighted by molar-refractivity contribution is 5.99. The minimum atomic E-state index is -0.503. The van der Waals surface area contributed by atoms with Crippen LogP contribution in [0.15, 0.2) is 24.3 Å². The third-order valence-electron chi connectivity index (χ3n) is 12.0. The molecule has 5 nitrogen and oxygen atoms in total. The molecule has 0 aliphatic carbocycles. The zero-order valence-electron chi connectivity index (χ0n) is 35.3. The topological polar surface area (TPSA) is 77.6 Å². The summed E-state index contributed by atoms with van der Waals surface area (Å²) >= 11 is 0. The molecule has 2 aliphatic heterocycles. The van der Waals surface area contributed by atoms with Gasteiger partial charge in [0.05, 0.1) is 28.9 Å². The van der Waals surface area contributed by atoms with Gasteiger partial charge in [-0.15, -0.1) is 0 Å². The SMILES string of the molecule is CCCCCCCCCCC(O)/C=C/c1c2nc(cc3[nH]c(cc4[nH]c(cc5nc1C(CC)=C5CC)c(CC)c4CC)c(CC)c3CC)C(CC)=C2CC. The van der Waals surface area contributed by atoms with E-state index in [0.717, 1.165) is 104 Å². The van der Waals surface area contributed by atoms with Gasteiger partial charge in [-0.05, 0) is 121 Å². The van der Waals surface area contributed by atoms with Gasteiger partial charge in [-0.3, -0.25) is 0 Å². The van der Waals surface area contributed by atoms with Crippen molar-refractivity contribution >= 4 is 50.4 Å². The summed E-state index contributed by atoms with van der Waals surface area (Å²) in [5, 5.41) is 11.4. The van der Waals surface area contributed by atoms with E-state index in [1.165, 1.54) is 101 Å². The third kappa shape index (κ3) is 8.72. The number of aromatic amines is 2. The monoisotopic (exact) mass is 731 g/mol. The lowest BCUT2D eigenvalue weighted by Gasteiger charge is -2.11. The Morgan fingerprint density at radius 2 is 0.889 bits per heavy atom. The number of aromatic nitrogens is 4. The van der Waals surface area contributed by atoms with Crippen LogP contribution in [0, 0.1) is 0 Å². The number of aryl methyl sites for hydroxylation is 4. The maximum absolute atomic E-state index is 11.4. The second-order valence-corrected chi connectivity index (χ2v) is 15.3. The Balaban J connectivity index is 1.80. The van der Waals surface area contributed by atoms with Crippen LogP contribution < -0.4 is 0 Å². The molecule has 8 bridgehead atoms. The number of fused-ring (bicyclic) bond motifs is 8. The molecule has 0 saturated heterocycles. The first kappa shape index (κ1) is 41.5. The van der Waals surface area contributed by atoms with Crippen LogP contribution in [0.3, 0.4) is 0 Å². The zero-order valence-corrected chi connectivity index (χ0v) is 35.3. The van der Waals surface area contributed by atoms with E-state index < -0.39 is 6.10 Å². The zero-order chi connectivity index (χ0) is 38.8.